The highest BCUT2D eigenvalue weighted by atomic mass is 35.5. The molecule has 0 amide bonds. The number of nitrogens with zero attached hydrogens (tertiary/aromatic N) is 2. The summed E-state index contributed by atoms with van der Waals surface area (Å²) in [5, 5.41) is 17.2. The van der Waals surface area contributed by atoms with Crippen molar-refractivity contribution < 1.29 is 5.11 Å². The molecule has 15 heavy (non-hydrogen) atoms. The maximum atomic E-state index is 8.95. The molecule has 1 aromatic heterocycles. The van der Waals surface area contributed by atoms with Crippen LogP contribution < -0.4 is 0 Å². The summed E-state index contributed by atoms with van der Waals surface area (Å²) in [6.45, 7) is -0.0391. The summed E-state index contributed by atoms with van der Waals surface area (Å²) in [5.41, 5.74) is 2.42. The van der Waals surface area contributed by atoms with Gasteiger partial charge in [-0.1, -0.05) is 40.8 Å². The van der Waals surface area contributed by atoms with Gasteiger partial charge in [0.05, 0.1) is 6.61 Å². The lowest BCUT2D eigenvalue weighted by Crippen LogP contribution is -1.84. The van der Waals surface area contributed by atoms with Gasteiger partial charge in [0.25, 0.3) is 0 Å². The van der Waals surface area contributed by atoms with E-state index in [-0.39, 0.29) is 6.61 Å². The molecule has 2 rings (SSSR count). The third kappa shape index (κ3) is 2.69. The van der Waals surface area contributed by atoms with Crippen LogP contribution >= 0.6 is 34.7 Å². The SMILES string of the molecule is OCc1ccc(Sc2nncs2)cc1Cl. The number of hydrogen-bond donors (Lipinski definition) is 1. The highest BCUT2D eigenvalue weighted by Gasteiger charge is 2.04. The molecule has 0 aliphatic carbocycles. The molecule has 1 N–H and O–H groups in total. The molecular formula is C9H7ClN2OS2. The fourth-order valence-electron chi connectivity index (χ4n) is 1.03. The first kappa shape index (κ1) is 10.9. The largest absolute Gasteiger partial charge is 0.392 e. The molecule has 0 saturated heterocycles. The van der Waals surface area contributed by atoms with Gasteiger partial charge in [-0.15, -0.1) is 10.2 Å². The van der Waals surface area contributed by atoms with Crippen molar-refractivity contribution in [3.63, 3.8) is 0 Å². The Bertz CT molecular complexity index is 447. The number of halogens is 1. The van der Waals surface area contributed by atoms with E-state index in [1.807, 2.05) is 18.2 Å². The first-order valence-corrected chi connectivity index (χ1v) is 6.20. The summed E-state index contributed by atoms with van der Waals surface area (Å²) >= 11 is 8.95. The standard InChI is InChI=1S/C9H7ClN2OS2/c10-8-3-7(2-1-6(8)4-13)15-9-12-11-5-14-9/h1-3,5,13H,4H2. The van der Waals surface area contributed by atoms with E-state index in [1.54, 1.807) is 5.51 Å². The Labute approximate surface area is 100 Å². The van der Waals surface area contributed by atoms with Crippen molar-refractivity contribution in [3.8, 4) is 0 Å². The van der Waals surface area contributed by atoms with Gasteiger partial charge in [0.15, 0.2) is 4.34 Å². The first-order valence-electron chi connectivity index (χ1n) is 4.13. The van der Waals surface area contributed by atoms with Gasteiger partial charge in [0.1, 0.15) is 5.51 Å². The van der Waals surface area contributed by atoms with Crippen molar-refractivity contribution in [3.05, 3.63) is 34.3 Å². The minimum atomic E-state index is -0.0391. The summed E-state index contributed by atoms with van der Waals surface area (Å²) in [7, 11) is 0. The van der Waals surface area contributed by atoms with E-state index in [0.29, 0.717) is 5.02 Å². The fourth-order valence-corrected chi connectivity index (χ4v) is 2.82. The molecule has 0 radical (unpaired) electrons. The zero-order chi connectivity index (χ0) is 10.7. The van der Waals surface area contributed by atoms with Crippen LogP contribution in [0.4, 0.5) is 0 Å². The fraction of sp³-hybridized carbons (Fsp3) is 0.111. The number of aliphatic hydroxyl groups excluding tert-OH is 1. The van der Waals surface area contributed by atoms with E-state index in [0.717, 1.165) is 14.8 Å². The molecule has 0 bridgehead atoms. The van der Waals surface area contributed by atoms with E-state index in [2.05, 4.69) is 10.2 Å². The Morgan fingerprint density at radius 3 is 2.93 bits per heavy atom. The molecule has 0 atom stereocenters. The van der Waals surface area contributed by atoms with Crippen molar-refractivity contribution >= 4 is 34.7 Å². The van der Waals surface area contributed by atoms with Crippen LogP contribution in [0.25, 0.3) is 0 Å². The van der Waals surface area contributed by atoms with Crippen LogP contribution in [-0.4, -0.2) is 15.3 Å². The van der Waals surface area contributed by atoms with Gasteiger partial charge in [-0.3, -0.25) is 0 Å². The minimum absolute atomic E-state index is 0.0391. The van der Waals surface area contributed by atoms with Crippen molar-refractivity contribution in [1.82, 2.24) is 10.2 Å². The highest BCUT2D eigenvalue weighted by Crippen LogP contribution is 2.31. The third-order valence-electron chi connectivity index (χ3n) is 1.74. The Kier molecular flexibility index (Phi) is 3.58. The molecule has 1 heterocycles. The van der Waals surface area contributed by atoms with E-state index in [1.165, 1.54) is 23.1 Å². The average molecular weight is 259 g/mol. The van der Waals surface area contributed by atoms with Crippen molar-refractivity contribution in [1.29, 1.82) is 0 Å². The first-order chi connectivity index (χ1) is 7.29. The van der Waals surface area contributed by atoms with Crippen LogP contribution in [0.5, 0.6) is 0 Å². The summed E-state index contributed by atoms with van der Waals surface area (Å²) in [4.78, 5) is 0.994. The van der Waals surface area contributed by atoms with Crippen molar-refractivity contribution in [2.45, 2.75) is 15.8 Å². The van der Waals surface area contributed by atoms with Crippen LogP contribution in [0.15, 0.2) is 32.9 Å². The number of aliphatic hydroxyl groups is 1. The molecule has 0 saturated carbocycles. The normalized spacial score (nSPS) is 10.5. The number of aromatic nitrogens is 2. The molecule has 2 aromatic rings. The van der Waals surface area contributed by atoms with Crippen LogP contribution in [0.2, 0.25) is 5.02 Å². The molecule has 0 fully saturated rings. The summed E-state index contributed by atoms with van der Waals surface area (Å²) in [6.07, 6.45) is 0. The predicted molar refractivity (Wildman–Crippen MR) is 61.4 cm³/mol. The van der Waals surface area contributed by atoms with Crippen LogP contribution in [0.1, 0.15) is 5.56 Å². The minimum Gasteiger partial charge on any atom is -0.392 e. The van der Waals surface area contributed by atoms with Crippen LogP contribution in [0, 0.1) is 0 Å². The van der Waals surface area contributed by atoms with E-state index in [9.17, 15) is 0 Å². The quantitative estimate of drug-likeness (QED) is 0.920. The Hall–Kier alpha value is -0.620. The summed E-state index contributed by atoms with van der Waals surface area (Å²) < 4.78 is 0.878. The Morgan fingerprint density at radius 1 is 1.47 bits per heavy atom. The van der Waals surface area contributed by atoms with Crippen molar-refractivity contribution in [2.75, 3.05) is 0 Å². The summed E-state index contributed by atoms with van der Waals surface area (Å²) in [5.74, 6) is 0. The number of benzene rings is 1. The van der Waals surface area contributed by atoms with Gasteiger partial charge in [0.2, 0.25) is 0 Å². The second-order valence-corrected chi connectivity index (χ2v) is 5.28. The van der Waals surface area contributed by atoms with E-state index < -0.39 is 0 Å². The molecule has 0 aliphatic heterocycles. The van der Waals surface area contributed by atoms with E-state index in [4.69, 9.17) is 16.7 Å². The maximum Gasteiger partial charge on any atom is 0.178 e. The van der Waals surface area contributed by atoms with Gasteiger partial charge < -0.3 is 5.11 Å². The zero-order valence-corrected chi connectivity index (χ0v) is 9.94. The molecule has 1 aromatic carbocycles. The number of rotatable bonds is 3. The van der Waals surface area contributed by atoms with Crippen LogP contribution in [-0.2, 0) is 6.61 Å². The van der Waals surface area contributed by atoms with Gasteiger partial charge in [-0.25, -0.2) is 0 Å². The van der Waals surface area contributed by atoms with Gasteiger partial charge in [-0.05, 0) is 17.7 Å². The van der Waals surface area contributed by atoms with Gasteiger partial charge >= 0.3 is 0 Å². The Balaban J connectivity index is 2.20. The lowest BCUT2D eigenvalue weighted by Gasteiger charge is -2.02. The topological polar surface area (TPSA) is 46.0 Å². The highest BCUT2D eigenvalue weighted by molar-refractivity contribution is 8.01. The summed E-state index contributed by atoms with van der Waals surface area (Å²) in [6, 6.07) is 5.54. The van der Waals surface area contributed by atoms with E-state index >= 15 is 0 Å². The molecular weight excluding hydrogens is 252 g/mol. The maximum absolute atomic E-state index is 8.95. The second kappa shape index (κ2) is 4.94. The number of hydrogen-bond acceptors (Lipinski definition) is 5. The average Bonchev–Trinajstić information content (AvgIpc) is 2.71. The molecule has 6 heteroatoms. The second-order valence-electron chi connectivity index (χ2n) is 2.72. The lowest BCUT2D eigenvalue weighted by molar-refractivity contribution is 0.282. The monoisotopic (exact) mass is 258 g/mol. The molecule has 0 spiro atoms. The molecule has 0 unspecified atom stereocenters. The van der Waals surface area contributed by atoms with Crippen LogP contribution in [0.3, 0.4) is 0 Å². The predicted octanol–water partition coefficient (Wildman–Crippen LogP) is 2.84. The van der Waals surface area contributed by atoms with Gasteiger partial charge in [-0.2, -0.15) is 0 Å². The molecule has 78 valence electrons. The van der Waals surface area contributed by atoms with Gasteiger partial charge in [0, 0.05) is 9.92 Å². The van der Waals surface area contributed by atoms with Crippen molar-refractivity contribution in [2.24, 2.45) is 0 Å². The Morgan fingerprint density at radius 2 is 2.33 bits per heavy atom. The lowest BCUT2D eigenvalue weighted by atomic mass is 10.2. The zero-order valence-electron chi connectivity index (χ0n) is 7.55. The third-order valence-corrected chi connectivity index (χ3v) is 3.86. The smallest absolute Gasteiger partial charge is 0.178 e. The molecule has 3 nitrogen and oxygen atoms in total. The molecule has 0 aliphatic rings.